The van der Waals surface area contributed by atoms with Crippen LogP contribution in [0.25, 0.3) is 11.7 Å². The van der Waals surface area contributed by atoms with E-state index in [0.717, 1.165) is 5.69 Å². The molecule has 0 atom stereocenters. The number of aryl methyl sites for hydroxylation is 2. The van der Waals surface area contributed by atoms with E-state index < -0.39 is 0 Å². The number of aromatic nitrogens is 2. The molecule has 2 aromatic heterocycles. The Bertz CT molecular complexity index is 681. The van der Waals surface area contributed by atoms with Crippen LogP contribution in [0, 0.1) is 13.8 Å². The van der Waals surface area contributed by atoms with Gasteiger partial charge < -0.3 is 14.2 Å². The number of rotatable bonds is 4. The van der Waals surface area contributed by atoms with Crippen molar-refractivity contribution in [3.8, 4) is 11.7 Å². The first-order chi connectivity index (χ1) is 9.74. The predicted molar refractivity (Wildman–Crippen MR) is 75.2 cm³/mol. The largest absolute Gasteiger partial charge is 0.459 e. The Morgan fingerprint density at radius 1 is 1.05 bits per heavy atom. The van der Waals surface area contributed by atoms with Crippen LogP contribution in [0.15, 0.2) is 45.4 Å². The second kappa shape index (κ2) is 5.21. The van der Waals surface area contributed by atoms with Crippen molar-refractivity contribution in [2.45, 2.75) is 20.4 Å². The molecule has 0 unspecified atom stereocenters. The van der Waals surface area contributed by atoms with Crippen molar-refractivity contribution in [3.05, 3.63) is 53.6 Å². The summed E-state index contributed by atoms with van der Waals surface area (Å²) in [4.78, 5) is 0. The van der Waals surface area contributed by atoms with Gasteiger partial charge in [-0.2, -0.15) is 0 Å². The van der Waals surface area contributed by atoms with Gasteiger partial charge in [0.15, 0.2) is 5.76 Å². The smallest absolute Gasteiger partial charge is 0.283 e. The highest BCUT2D eigenvalue weighted by Crippen LogP contribution is 2.21. The highest BCUT2D eigenvalue weighted by atomic mass is 16.4. The molecule has 0 radical (unpaired) electrons. The Labute approximate surface area is 116 Å². The van der Waals surface area contributed by atoms with E-state index in [2.05, 4.69) is 41.5 Å². The normalized spacial score (nSPS) is 10.7. The molecular weight excluding hydrogens is 254 g/mol. The van der Waals surface area contributed by atoms with E-state index in [1.165, 1.54) is 11.1 Å². The summed E-state index contributed by atoms with van der Waals surface area (Å²) in [7, 11) is 0. The van der Waals surface area contributed by atoms with Crippen LogP contribution in [0.1, 0.15) is 17.0 Å². The van der Waals surface area contributed by atoms with Crippen molar-refractivity contribution in [1.29, 1.82) is 0 Å². The molecule has 0 spiro atoms. The minimum absolute atomic E-state index is 0.397. The zero-order chi connectivity index (χ0) is 13.9. The third-order valence-electron chi connectivity index (χ3n) is 3.10. The van der Waals surface area contributed by atoms with Gasteiger partial charge in [0, 0.05) is 5.69 Å². The summed E-state index contributed by atoms with van der Waals surface area (Å²) < 4.78 is 10.8. The maximum Gasteiger partial charge on any atom is 0.283 e. The molecule has 102 valence electrons. The zero-order valence-electron chi connectivity index (χ0n) is 11.4. The number of nitrogens with one attached hydrogen (secondary N) is 1. The number of nitrogens with zero attached hydrogens (tertiary/aromatic N) is 2. The van der Waals surface area contributed by atoms with Crippen molar-refractivity contribution >= 4 is 5.69 Å². The molecule has 1 N–H and O–H groups in total. The van der Waals surface area contributed by atoms with E-state index in [0.29, 0.717) is 24.1 Å². The summed E-state index contributed by atoms with van der Waals surface area (Å²) in [5.74, 6) is 1.50. The number of para-hydroxylation sites is 1. The van der Waals surface area contributed by atoms with E-state index in [4.69, 9.17) is 8.83 Å². The van der Waals surface area contributed by atoms with Crippen molar-refractivity contribution in [3.63, 3.8) is 0 Å². The molecule has 1 aromatic carbocycles. The van der Waals surface area contributed by atoms with Gasteiger partial charge in [0.2, 0.25) is 5.89 Å². The summed E-state index contributed by atoms with van der Waals surface area (Å²) in [6.45, 7) is 4.62. The number of anilines is 1. The van der Waals surface area contributed by atoms with E-state index in [1.807, 2.05) is 6.07 Å². The third kappa shape index (κ3) is 2.42. The van der Waals surface area contributed by atoms with Crippen molar-refractivity contribution < 1.29 is 8.83 Å². The molecule has 0 saturated carbocycles. The molecule has 3 rings (SSSR count). The van der Waals surface area contributed by atoms with E-state index in [1.54, 1.807) is 18.4 Å². The fourth-order valence-corrected chi connectivity index (χ4v) is 2.08. The summed E-state index contributed by atoms with van der Waals surface area (Å²) in [5, 5.41) is 11.3. The molecule has 20 heavy (non-hydrogen) atoms. The lowest BCUT2D eigenvalue weighted by molar-refractivity contribution is 0.486. The Morgan fingerprint density at radius 2 is 1.85 bits per heavy atom. The summed E-state index contributed by atoms with van der Waals surface area (Å²) in [6.07, 6.45) is 1.58. The average Bonchev–Trinajstić information content (AvgIpc) is 3.09. The van der Waals surface area contributed by atoms with Gasteiger partial charge in [0.05, 0.1) is 12.8 Å². The second-order valence-electron chi connectivity index (χ2n) is 4.60. The summed E-state index contributed by atoms with van der Waals surface area (Å²) in [5.41, 5.74) is 3.48. The standard InChI is InChI=1S/C15H15N3O2/c1-10-5-3-6-11(2)14(10)16-9-13-17-18-15(20-13)12-7-4-8-19-12/h3-8,16H,9H2,1-2H3. The van der Waals surface area contributed by atoms with Crippen LogP contribution in [0.3, 0.4) is 0 Å². The first-order valence-electron chi connectivity index (χ1n) is 6.40. The van der Waals surface area contributed by atoms with Crippen molar-refractivity contribution in [2.75, 3.05) is 5.32 Å². The molecule has 5 nitrogen and oxygen atoms in total. The number of benzene rings is 1. The SMILES string of the molecule is Cc1cccc(C)c1NCc1nnc(-c2ccco2)o1. The van der Waals surface area contributed by atoms with Gasteiger partial charge in [-0.15, -0.1) is 10.2 Å². The van der Waals surface area contributed by atoms with Crippen LogP contribution in [-0.4, -0.2) is 10.2 Å². The summed E-state index contributed by atoms with van der Waals surface area (Å²) in [6, 6.07) is 9.75. The number of hydrogen-bond donors (Lipinski definition) is 1. The van der Waals surface area contributed by atoms with Crippen molar-refractivity contribution in [2.24, 2.45) is 0 Å². The second-order valence-corrected chi connectivity index (χ2v) is 4.60. The van der Waals surface area contributed by atoms with Gasteiger partial charge in [0.1, 0.15) is 0 Å². The minimum atomic E-state index is 0.397. The van der Waals surface area contributed by atoms with Crippen LogP contribution < -0.4 is 5.32 Å². The van der Waals surface area contributed by atoms with Crippen LogP contribution in [0.4, 0.5) is 5.69 Å². The fraction of sp³-hybridized carbons (Fsp3) is 0.200. The molecule has 0 saturated heterocycles. The minimum Gasteiger partial charge on any atom is -0.459 e. The average molecular weight is 269 g/mol. The molecule has 0 amide bonds. The Morgan fingerprint density at radius 3 is 2.55 bits per heavy atom. The highest BCUT2D eigenvalue weighted by molar-refractivity contribution is 5.56. The van der Waals surface area contributed by atoms with E-state index in [9.17, 15) is 0 Å². The van der Waals surface area contributed by atoms with Gasteiger partial charge in [-0.25, -0.2) is 0 Å². The summed E-state index contributed by atoms with van der Waals surface area (Å²) >= 11 is 0. The van der Waals surface area contributed by atoms with Gasteiger partial charge in [-0.05, 0) is 37.1 Å². The van der Waals surface area contributed by atoms with Gasteiger partial charge in [-0.3, -0.25) is 0 Å². The maximum atomic E-state index is 5.55. The molecule has 0 fully saturated rings. The fourth-order valence-electron chi connectivity index (χ4n) is 2.08. The Balaban J connectivity index is 1.73. The van der Waals surface area contributed by atoms with Crippen molar-refractivity contribution in [1.82, 2.24) is 10.2 Å². The van der Waals surface area contributed by atoms with E-state index in [-0.39, 0.29) is 0 Å². The molecule has 0 aliphatic heterocycles. The Kier molecular flexibility index (Phi) is 3.25. The zero-order valence-corrected chi connectivity index (χ0v) is 11.4. The lowest BCUT2D eigenvalue weighted by atomic mass is 10.1. The van der Waals surface area contributed by atoms with Gasteiger partial charge in [-0.1, -0.05) is 18.2 Å². The number of furan rings is 1. The van der Waals surface area contributed by atoms with Crippen LogP contribution >= 0.6 is 0 Å². The van der Waals surface area contributed by atoms with Gasteiger partial charge >= 0.3 is 0 Å². The maximum absolute atomic E-state index is 5.55. The van der Waals surface area contributed by atoms with Crippen LogP contribution in [0.2, 0.25) is 0 Å². The van der Waals surface area contributed by atoms with E-state index >= 15 is 0 Å². The lowest BCUT2D eigenvalue weighted by Gasteiger charge is -2.10. The molecule has 5 heteroatoms. The third-order valence-corrected chi connectivity index (χ3v) is 3.10. The monoisotopic (exact) mass is 269 g/mol. The molecule has 0 aliphatic rings. The molecule has 2 heterocycles. The molecular formula is C15H15N3O2. The predicted octanol–water partition coefficient (Wildman–Crippen LogP) is 3.56. The van der Waals surface area contributed by atoms with Crippen LogP contribution in [-0.2, 0) is 6.54 Å². The highest BCUT2D eigenvalue weighted by Gasteiger charge is 2.11. The molecule has 0 aliphatic carbocycles. The molecule has 0 bridgehead atoms. The topological polar surface area (TPSA) is 64.1 Å². The first kappa shape index (κ1) is 12.5. The first-order valence-corrected chi connectivity index (χ1v) is 6.40. The Hall–Kier alpha value is -2.56. The number of hydrogen-bond acceptors (Lipinski definition) is 5. The lowest BCUT2D eigenvalue weighted by Crippen LogP contribution is -2.03. The van der Waals surface area contributed by atoms with Gasteiger partial charge in [0.25, 0.3) is 5.89 Å². The molecule has 3 aromatic rings. The van der Waals surface area contributed by atoms with Crippen LogP contribution in [0.5, 0.6) is 0 Å². The quantitative estimate of drug-likeness (QED) is 0.784.